The zero-order chi connectivity index (χ0) is 20.6. The first-order chi connectivity index (χ1) is 12.5. The third-order valence-corrected chi connectivity index (χ3v) is 5.10. The van der Waals surface area contributed by atoms with Crippen molar-refractivity contribution < 1.29 is 2.74 Å². The molecular formula is C17H26B6N2. The second-order valence-corrected chi connectivity index (χ2v) is 7.30. The molecule has 0 saturated heterocycles. The van der Waals surface area contributed by atoms with Gasteiger partial charge in [-0.15, -0.1) is 10.6 Å². The maximum Gasteiger partial charge on any atom is 0.138 e. The van der Waals surface area contributed by atoms with Crippen LogP contribution >= 0.6 is 0 Å². The van der Waals surface area contributed by atoms with Gasteiger partial charge in [-0.2, -0.15) is 5.11 Å². The molecule has 0 N–H and O–H groups in total. The lowest BCUT2D eigenvalue weighted by atomic mass is 9.15. The number of benzene rings is 2. The van der Waals surface area contributed by atoms with Gasteiger partial charge in [0.05, 0.1) is 43.8 Å². The number of nitrogens with zero attached hydrogens (tertiary/aromatic N) is 2. The van der Waals surface area contributed by atoms with Gasteiger partial charge in [-0.3, -0.25) is 0 Å². The first-order valence-electron chi connectivity index (χ1n) is 10.2. The molecule has 0 atom stereocenters. The highest BCUT2D eigenvalue weighted by molar-refractivity contribution is 7.36. The van der Waals surface area contributed by atoms with E-state index >= 15 is 0 Å². The zero-order valence-corrected chi connectivity index (χ0v) is 17.2. The van der Waals surface area contributed by atoms with Crippen LogP contribution in [0.3, 0.4) is 0 Å². The van der Waals surface area contributed by atoms with Crippen molar-refractivity contribution in [1.29, 1.82) is 0 Å². The second kappa shape index (κ2) is 7.76. The molecule has 0 heterocycles. The Bertz CT molecular complexity index is 915. The Balaban J connectivity index is 2.73. The SMILES string of the molecule is [2H]c1c(C)c([2H])c(C)c(N=Nc2c(C)c(B)c(BB)c(B(B)B)c2C)c1C. The normalized spacial score (nSPS) is 12.2. The summed E-state index contributed by atoms with van der Waals surface area (Å²) in [5, 5.41) is 9.19. The summed E-state index contributed by atoms with van der Waals surface area (Å²) in [6, 6.07) is 0.766. The van der Waals surface area contributed by atoms with Crippen molar-refractivity contribution in [1.82, 2.24) is 0 Å². The highest BCUT2D eigenvalue weighted by atomic mass is 15.1. The van der Waals surface area contributed by atoms with Crippen molar-refractivity contribution in [3.05, 3.63) is 39.9 Å². The van der Waals surface area contributed by atoms with Crippen LogP contribution in [0.2, 0.25) is 0 Å². The summed E-state index contributed by atoms with van der Waals surface area (Å²) in [5.74, 6) is 0. The van der Waals surface area contributed by atoms with Crippen LogP contribution in [0.1, 0.15) is 30.6 Å². The van der Waals surface area contributed by atoms with Crippen molar-refractivity contribution in [3.8, 4) is 0 Å². The van der Waals surface area contributed by atoms with Crippen LogP contribution in [0.5, 0.6) is 0 Å². The van der Waals surface area contributed by atoms with Crippen LogP contribution in [-0.4, -0.2) is 44.7 Å². The highest BCUT2D eigenvalue weighted by Crippen LogP contribution is 2.29. The molecule has 0 amide bonds. The van der Waals surface area contributed by atoms with Crippen molar-refractivity contribution in [2.75, 3.05) is 0 Å². The van der Waals surface area contributed by atoms with Crippen LogP contribution in [-0.2, 0) is 0 Å². The summed E-state index contributed by atoms with van der Waals surface area (Å²) >= 11 is 0. The molecule has 2 nitrogen and oxygen atoms in total. The molecular weight excluding hydrogens is 297 g/mol. The van der Waals surface area contributed by atoms with Crippen molar-refractivity contribution in [2.45, 2.75) is 34.6 Å². The van der Waals surface area contributed by atoms with Crippen LogP contribution in [0.15, 0.2) is 22.3 Å². The Kier molecular flexibility index (Phi) is 5.24. The van der Waals surface area contributed by atoms with Gasteiger partial charge in [0.15, 0.2) is 0 Å². The molecule has 2 aromatic rings. The van der Waals surface area contributed by atoms with E-state index in [0.717, 1.165) is 29.5 Å². The van der Waals surface area contributed by atoms with Crippen LogP contribution in [0, 0.1) is 34.6 Å². The van der Waals surface area contributed by atoms with Gasteiger partial charge < -0.3 is 0 Å². The molecule has 0 aromatic heterocycles. The van der Waals surface area contributed by atoms with E-state index in [1.807, 2.05) is 20.8 Å². The van der Waals surface area contributed by atoms with Gasteiger partial charge >= 0.3 is 0 Å². The minimum atomic E-state index is 0.383. The topological polar surface area (TPSA) is 24.7 Å². The van der Waals surface area contributed by atoms with Crippen molar-refractivity contribution >= 4 is 72.5 Å². The molecule has 122 valence electrons. The van der Waals surface area contributed by atoms with Crippen LogP contribution in [0.25, 0.3) is 0 Å². The zero-order valence-electron chi connectivity index (χ0n) is 19.2. The summed E-state index contributed by atoms with van der Waals surface area (Å²) in [5.41, 5.74) is 10.3. The second-order valence-electron chi connectivity index (χ2n) is 7.30. The monoisotopic (exact) mass is 326 g/mol. The van der Waals surface area contributed by atoms with Gasteiger partial charge in [0, 0.05) is 0 Å². The number of rotatable bonds is 4. The molecule has 0 fully saturated rings. The summed E-state index contributed by atoms with van der Waals surface area (Å²) in [6.07, 6.45) is 0. The Morgan fingerprint density at radius 3 is 1.96 bits per heavy atom. The molecule has 0 aliphatic carbocycles. The minimum absolute atomic E-state index is 0.383. The number of hydrogen-bond donors (Lipinski definition) is 0. The van der Waals surface area contributed by atoms with Gasteiger partial charge in [0.1, 0.15) is 15.0 Å². The quantitative estimate of drug-likeness (QED) is 0.482. The fourth-order valence-corrected chi connectivity index (χ4v) is 3.87. The third kappa shape index (κ3) is 3.83. The summed E-state index contributed by atoms with van der Waals surface area (Å²) < 4.78 is 16.5. The minimum Gasteiger partial charge on any atom is -0.150 e. The van der Waals surface area contributed by atoms with Gasteiger partial charge in [-0.05, 0) is 56.9 Å². The largest absolute Gasteiger partial charge is 0.150 e. The first kappa shape index (κ1) is 16.9. The van der Waals surface area contributed by atoms with Gasteiger partial charge in [0.25, 0.3) is 0 Å². The van der Waals surface area contributed by atoms with E-state index in [-0.39, 0.29) is 0 Å². The van der Waals surface area contributed by atoms with Gasteiger partial charge in [-0.1, -0.05) is 28.6 Å². The fourth-order valence-electron chi connectivity index (χ4n) is 3.87. The van der Waals surface area contributed by atoms with E-state index < -0.39 is 0 Å². The molecule has 2 rings (SSSR count). The van der Waals surface area contributed by atoms with Gasteiger partial charge in [-0.25, -0.2) is 0 Å². The third-order valence-electron chi connectivity index (χ3n) is 5.10. The van der Waals surface area contributed by atoms with E-state index in [1.54, 1.807) is 0 Å². The average Bonchev–Trinajstić information content (AvgIpc) is 2.62. The fraction of sp³-hybridized carbons (Fsp3) is 0.294. The summed E-state index contributed by atoms with van der Waals surface area (Å²) in [4.78, 5) is 0. The molecule has 2 aromatic carbocycles. The van der Waals surface area contributed by atoms with Gasteiger partial charge in [0.2, 0.25) is 0 Å². The van der Waals surface area contributed by atoms with Crippen molar-refractivity contribution in [2.24, 2.45) is 10.2 Å². The summed E-state index contributed by atoms with van der Waals surface area (Å²) in [6.45, 7) is 10.3. The number of azo groups is 1. The Hall–Kier alpha value is -1.57. The molecule has 0 aliphatic rings. The standard InChI is InChI=1S/C17H26B6N2/c1-8-6-9(2)16(10(3)7-8)24-25-17-11(4)13(18)14(22-19)15(12(17)5)23(20)21/h6-7,22H,18-21H2,1-5H3/i6D,7D. The molecule has 0 aliphatic heterocycles. The molecule has 0 unspecified atom stereocenters. The molecule has 8 heteroatoms. The lowest BCUT2D eigenvalue weighted by Crippen LogP contribution is -2.54. The summed E-state index contributed by atoms with van der Waals surface area (Å²) in [7, 11) is 9.84. The van der Waals surface area contributed by atoms with E-state index in [0.29, 0.717) is 29.8 Å². The Morgan fingerprint density at radius 1 is 0.960 bits per heavy atom. The van der Waals surface area contributed by atoms with Crippen LogP contribution < -0.4 is 16.4 Å². The maximum absolute atomic E-state index is 8.25. The van der Waals surface area contributed by atoms with E-state index in [1.165, 1.54) is 22.0 Å². The smallest absolute Gasteiger partial charge is 0.138 e. The maximum atomic E-state index is 8.25. The van der Waals surface area contributed by atoms with E-state index in [2.05, 4.69) is 55.1 Å². The molecule has 0 bridgehead atoms. The molecule has 0 spiro atoms. The lowest BCUT2D eigenvalue weighted by molar-refractivity contribution is 1.16. The average molecular weight is 325 g/mol. The van der Waals surface area contributed by atoms with E-state index in [9.17, 15) is 0 Å². The van der Waals surface area contributed by atoms with Crippen LogP contribution in [0.4, 0.5) is 11.4 Å². The Labute approximate surface area is 160 Å². The Morgan fingerprint density at radius 2 is 1.48 bits per heavy atom. The number of hydrogen-bond acceptors (Lipinski definition) is 2. The van der Waals surface area contributed by atoms with E-state index in [4.69, 9.17) is 2.74 Å². The first-order valence-corrected chi connectivity index (χ1v) is 9.15. The highest BCUT2D eigenvalue weighted by Gasteiger charge is 2.19. The molecule has 0 saturated carbocycles. The lowest BCUT2D eigenvalue weighted by Gasteiger charge is -2.22. The van der Waals surface area contributed by atoms with Crippen molar-refractivity contribution in [3.63, 3.8) is 0 Å². The molecule has 25 heavy (non-hydrogen) atoms. The predicted octanol–water partition coefficient (Wildman–Crippen LogP) is -1.53. The molecule has 0 radical (unpaired) electrons. The predicted molar refractivity (Wildman–Crippen MR) is 127 cm³/mol.